The minimum Gasteiger partial charge on any atom is -0.397 e. The first-order valence-corrected chi connectivity index (χ1v) is 6.00. The van der Waals surface area contributed by atoms with Crippen molar-refractivity contribution in [2.24, 2.45) is 0 Å². The zero-order valence-electron chi connectivity index (χ0n) is 10.4. The van der Waals surface area contributed by atoms with E-state index in [9.17, 15) is 4.39 Å². The van der Waals surface area contributed by atoms with Crippen LogP contribution in [0.25, 0.3) is 0 Å². The Hall–Kier alpha value is -2.03. The van der Waals surface area contributed by atoms with Crippen molar-refractivity contribution >= 4 is 11.4 Å². The number of nitrogens with two attached hydrogens (primary N) is 1. The van der Waals surface area contributed by atoms with Gasteiger partial charge in [0, 0.05) is 6.54 Å². The molecule has 0 aliphatic heterocycles. The number of benzene rings is 2. The van der Waals surface area contributed by atoms with Crippen molar-refractivity contribution < 1.29 is 4.39 Å². The molecule has 0 spiro atoms. The van der Waals surface area contributed by atoms with Crippen molar-refractivity contribution in [2.45, 2.75) is 12.8 Å². The second kappa shape index (κ2) is 5.54. The molecular formula is C15H17FN2. The number of nitrogens with one attached hydrogen (secondary N) is 1. The van der Waals surface area contributed by atoms with Gasteiger partial charge in [-0.25, -0.2) is 4.39 Å². The standard InChI is InChI=1S/C15H17FN2/c1-11(12-5-3-2-4-6-12)10-18-15-9-13(16)7-8-14(15)17/h2-9,11,18H,10,17H2,1H3. The second-order valence-corrected chi connectivity index (χ2v) is 4.42. The van der Waals surface area contributed by atoms with E-state index in [0.29, 0.717) is 17.3 Å². The van der Waals surface area contributed by atoms with Gasteiger partial charge < -0.3 is 11.1 Å². The van der Waals surface area contributed by atoms with Gasteiger partial charge in [0.2, 0.25) is 0 Å². The lowest BCUT2D eigenvalue weighted by atomic mass is 10.0. The Balaban J connectivity index is 2.01. The van der Waals surface area contributed by atoms with Gasteiger partial charge in [0.05, 0.1) is 11.4 Å². The first kappa shape index (κ1) is 12.4. The summed E-state index contributed by atoms with van der Waals surface area (Å²) >= 11 is 0. The number of rotatable bonds is 4. The maximum absolute atomic E-state index is 13.1. The summed E-state index contributed by atoms with van der Waals surface area (Å²) in [6.07, 6.45) is 0. The molecule has 3 N–H and O–H groups in total. The van der Waals surface area contributed by atoms with Crippen LogP contribution < -0.4 is 11.1 Å². The van der Waals surface area contributed by atoms with E-state index >= 15 is 0 Å². The third kappa shape index (κ3) is 3.00. The summed E-state index contributed by atoms with van der Waals surface area (Å²) in [6, 6.07) is 14.6. The molecule has 0 amide bonds. The van der Waals surface area contributed by atoms with Gasteiger partial charge in [0.15, 0.2) is 0 Å². The lowest BCUT2D eigenvalue weighted by Gasteiger charge is -2.15. The Labute approximate surface area is 107 Å². The number of anilines is 2. The first-order valence-electron chi connectivity index (χ1n) is 6.00. The van der Waals surface area contributed by atoms with E-state index in [4.69, 9.17) is 5.73 Å². The minimum absolute atomic E-state index is 0.279. The van der Waals surface area contributed by atoms with E-state index < -0.39 is 0 Å². The van der Waals surface area contributed by atoms with Crippen molar-refractivity contribution in [1.82, 2.24) is 0 Å². The van der Waals surface area contributed by atoms with Gasteiger partial charge in [-0.15, -0.1) is 0 Å². The molecule has 0 aliphatic carbocycles. The lowest BCUT2D eigenvalue weighted by Crippen LogP contribution is -2.11. The van der Waals surface area contributed by atoms with Gasteiger partial charge in [-0.2, -0.15) is 0 Å². The highest BCUT2D eigenvalue weighted by Gasteiger charge is 2.06. The monoisotopic (exact) mass is 244 g/mol. The molecule has 2 aromatic carbocycles. The highest BCUT2D eigenvalue weighted by molar-refractivity contribution is 5.65. The number of halogens is 1. The molecule has 94 valence electrons. The van der Waals surface area contributed by atoms with E-state index in [-0.39, 0.29) is 5.82 Å². The topological polar surface area (TPSA) is 38.0 Å². The minimum atomic E-state index is -0.279. The van der Waals surface area contributed by atoms with Crippen LogP contribution in [0.1, 0.15) is 18.4 Å². The summed E-state index contributed by atoms with van der Waals surface area (Å²) in [5.41, 5.74) is 8.25. The van der Waals surface area contributed by atoms with Gasteiger partial charge in [0.25, 0.3) is 0 Å². The van der Waals surface area contributed by atoms with Crippen LogP contribution in [-0.2, 0) is 0 Å². The molecule has 0 bridgehead atoms. The van der Waals surface area contributed by atoms with Crippen LogP contribution in [0.15, 0.2) is 48.5 Å². The van der Waals surface area contributed by atoms with Crippen LogP contribution >= 0.6 is 0 Å². The summed E-state index contributed by atoms with van der Waals surface area (Å²) in [4.78, 5) is 0. The van der Waals surface area contributed by atoms with Crippen molar-refractivity contribution in [3.05, 3.63) is 59.9 Å². The van der Waals surface area contributed by atoms with Crippen molar-refractivity contribution in [1.29, 1.82) is 0 Å². The van der Waals surface area contributed by atoms with Crippen LogP contribution in [0, 0.1) is 5.82 Å². The Morgan fingerprint density at radius 1 is 1.17 bits per heavy atom. The van der Waals surface area contributed by atoms with E-state index in [1.807, 2.05) is 18.2 Å². The molecule has 0 saturated carbocycles. The van der Waals surface area contributed by atoms with Gasteiger partial charge in [-0.3, -0.25) is 0 Å². The molecule has 3 heteroatoms. The summed E-state index contributed by atoms with van der Waals surface area (Å²) in [5, 5.41) is 3.19. The van der Waals surface area contributed by atoms with E-state index in [1.54, 1.807) is 6.07 Å². The van der Waals surface area contributed by atoms with Crippen LogP contribution in [0.2, 0.25) is 0 Å². The van der Waals surface area contributed by atoms with Gasteiger partial charge in [-0.05, 0) is 29.7 Å². The fraction of sp³-hybridized carbons (Fsp3) is 0.200. The summed E-state index contributed by atoms with van der Waals surface area (Å²) in [5.74, 6) is 0.0629. The maximum atomic E-state index is 13.1. The molecule has 2 nitrogen and oxygen atoms in total. The van der Waals surface area contributed by atoms with E-state index in [1.165, 1.54) is 17.7 Å². The highest BCUT2D eigenvalue weighted by atomic mass is 19.1. The molecule has 1 atom stereocenters. The predicted molar refractivity (Wildman–Crippen MR) is 74.2 cm³/mol. The SMILES string of the molecule is CC(CNc1cc(F)ccc1N)c1ccccc1. The van der Waals surface area contributed by atoms with Crippen molar-refractivity contribution in [3.8, 4) is 0 Å². The molecule has 0 heterocycles. The summed E-state index contributed by atoms with van der Waals surface area (Å²) in [6.45, 7) is 2.84. The van der Waals surface area contributed by atoms with Gasteiger partial charge >= 0.3 is 0 Å². The molecule has 2 aromatic rings. The van der Waals surface area contributed by atoms with Crippen LogP contribution in [0.3, 0.4) is 0 Å². The normalized spacial score (nSPS) is 12.1. The average Bonchev–Trinajstić information content (AvgIpc) is 2.40. The first-order chi connectivity index (χ1) is 8.66. The van der Waals surface area contributed by atoms with Crippen LogP contribution in [0.4, 0.5) is 15.8 Å². The van der Waals surface area contributed by atoms with Gasteiger partial charge in [-0.1, -0.05) is 37.3 Å². The third-order valence-corrected chi connectivity index (χ3v) is 2.98. The van der Waals surface area contributed by atoms with E-state index in [2.05, 4.69) is 24.4 Å². The molecule has 0 aromatic heterocycles. The fourth-order valence-corrected chi connectivity index (χ4v) is 1.84. The van der Waals surface area contributed by atoms with Crippen LogP contribution in [-0.4, -0.2) is 6.54 Å². The smallest absolute Gasteiger partial charge is 0.125 e. The maximum Gasteiger partial charge on any atom is 0.125 e. The molecule has 0 radical (unpaired) electrons. The molecule has 0 aliphatic rings. The Bertz CT molecular complexity index is 511. The lowest BCUT2D eigenvalue weighted by molar-refractivity contribution is 0.628. The Morgan fingerprint density at radius 2 is 1.89 bits per heavy atom. The van der Waals surface area contributed by atoms with Crippen molar-refractivity contribution in [3.63, 3.8) is 0 Å². The predicted octanol–water partition coefficient (Wildman–Crippen LogP) is 3.62. The third-order valence-electron chi connectivity index (χ3n) is 2.98. The molecule has 0 saturated heterocycles. The number of hydrogen-bond acceptors (Lipinski definition) is 2. The molecule has 1 unspecified atom stereocenters. The molecule has 0 fully saturated rings. The van der Waals surface area contributed by atoms with Crippen molar-refractivity contribution in [2.75, 3.05) is 17.6 Å². The number of hydrogen-bond donors (Lipinski definition) is 2. The Kier molecular flexibility index (Phi) is 3.82. The van der Waals surface area contributed by atoms with Gasteiger partial charge in [0.1, 0.15) is 5.82 Å². The summed E-state index contributed by atoms with van der Waals surface area (Å²) < 4.78 is 13.1. The fourth-order valence-electron chi connectivity index (χ4n) is 1.84. The quantitative estimate of drug-likeness (QED) is 0.806. The molecular weight excluding hydrogens is 227 g/mol. The van der Waals surface area contributed by atoms with Crippen LogP contribution in [0.5, 0.6) is 0 Å². The zero-order chi connectivity index (χ0) is 13.0. The highest BCUT2D eigenvalue weighted by Crippen LogP contribution is 2.21. The average molecular weight is 244 g/mol. The number of nitrogen functional groups attached to an aromatic ring is 1. The zero-order valence-corrected chi connectivity index (χ0v) is 10.4. The summed E-state index contributed by atoms with van der Waals surface area (Å²) in [7, 11) is 0. The molecule has 2 rings (SSSR count). The largest absolute Gasteiger partial charge is 0.397 e. The molecule has 18 heavy (non-hydrogen) atoms. The van der Waals surface area contributed by atoms with E-state index in [0.717, 1.165) is 6.54 Å². The Morgan fingerprint density at radius 3 is 2.61 bits per heavy atom. The second-order valence-electron chi connectivity index (χ2n) is 4.42.